The van der Waals surface area contributed by atoms with Gasteiger partial charge in [-0.25, -0.2) is 0 Å². The summed E-state index contributed by atoms with van der Waals surface area (Å²) in [7, 11) is 0. The maximum Gasteiger partial charge on any atom is 0.306 e. The molecule has 0 aromatic rings. The number of hydrogen-bond donors (Lipinski definition) is 1. The van der Waals surface area contributed by atoms with Crippen molar-refractivity contribution in [3.8, 4) is 0 Å². The van der Waals surface area contributed by atoms with Gasteiger partial charge in [0.25, 0.3) is 0 Å². The van der Waals surface area contributed by atoms with E-state index in [1.165, 1.54) is 57.8 Å². The first-order valence-corrected chi connectivity index (χ1v) is 15.4. The highest BCUT2D eigenvalue weighted by molar-refractivity contribution is 5.69. The minimum absolute atomic E-state index is 0.206. The van der Waals surface area contributed by atoms with Crippen LogP contribution in [0.4, 0.5) is 0 Å². The van der Waals surface area contributed by atoms with E-state index in [1.807, 2.05) is 6.08 Å². The van der Waals surface area contributed by atoms with Gasteiger partial charge in [0.05, 0.1) is 13.2 Å². The molecule has 0 aromatic heterocycles. The predicted octanol–water partition coefficient (Wildman–Crippen LogP) is 9.36. The Bertz CT molecular complexity index is 645. The zero-order valence-electron chi connectivity index (χ0n) is 24.7. The second-order valence-corrected chi connectivity index (χ2v) is 9.79. The average molecular weight is 531 g/mol. The van der Waals surface area contributed by atoms with E-state index in [9.17, 15) is 9.90 Å². The molecule has 1 N–H and O–H groups in total. The lowest BCUT2D eigenvalue weighted by Crippen LogP contribution is -2.27. The van der Waals surface area contributed by atoms with Crippen LogP contribution in [-0.4, -0.2) is 37.0 Å². The van der Waals surface area contributed by atoms with E-state index in [-0.39, 0.29) is 19.2 Å². The monoisotopic (exact) mass is 530 g/mol. The Kier molecular flexibility index (Phi) is 29.7. The lowest BCUT2D eigenvalue weighted by atomic mass is 10.1. The number of carbonyl (C=O) groups excluding carboxylic acids is 1. The summed E-state index contributed by atoms with van der Waals surface area (Å²) in [6.07, 6.45) is 39.7. The molecule has 0 aliphatic heterocycles. The minimum atomic E-state index is -0.574. The summed E-state index contributed by atoms with van der Waals surface area (Å²) in [6, 6.07) is 0. The molecule has 1 unspecified atom stereocenters. The molecule has 0 aliphatic carbocycles. The van der Waals surface area contributed by atoms with Crippen LogP contribution in [0.5, 0.6) is 0 Å². The van der Waals surface area contributed by atoms with Crippen LogP contribution in [0.3, 0.4) is 0 Å². The van der Waals surface area contributed by atoms with E-state index >= 15 is 0 Å². The van der Waals surface area contributed by atoms with Crippen molar-refractivity contribution in [3.05, 3.63) is 60.8 Å². The first kappa shape index (κ1) is 36.1. The highest BCUT2D eigenvalue weighted by atomic mass is 16.6. The molecule has 1 atom stereocenters. The molecule has 4 heteroatoms. The van der Waals surface area contributed by atoms with Crippen molar-refractivity contribution in [2.45, 2.75) is 129 Å². The Balaban J connectivity index is 3.62. The van der Waals surface area contributed by atoms with Gasteiger partial charge in [0.2, 0.25) is 0 Å². The van der Waals surface area contributed by atoms with Crippen LogP contribution in [0.15, 0.2) is 60.8 Å². The van der Waals surface area contributed by atoms with Crippen LogP contribution in [0.25, 0.3) is 0 Å². The van der Waals surface area contributed by atoms with E-state index in [1.54, 1.807) is 0 Å². The molecule has 0 aliphatic rings. The molecule has 4 nitrogen and oxygen atoms in total. The Morgan fingerprint density at radius 3 is 1.79 bits per heavy atom. The summed E-state index contributed by atoms with van der Waals surface area (Å²) in [4.78, 5) is 12.0. The number of aliphatic hydroxyl groups excluding tert-OH is 1. The molecule has 0 spiro atoms. The quantitative estimate of drug-likeness (QED) is 0.0653. The van der Waals surface area contributed by atoms with Crippen molar-refractivity contribution in [3.63, 3.8) is 0 Å². The highest BCUT2D eigenvalue weighted by Gasteiger charge is 2.13. The van der Waals surface area contributed by atoms with E-state index in [0.29, 0.717) is 19.4 Å². The van der Waals surface area contributed by atoms with E-state index < -0.39 is 6.10 Å². The molecule has 0 saturated heterocycles. The topological polar surface area (TPSA) is 55.8 Å². The summed E-state index contributed by atoms with van der Waals surface area (Å²) in [5.74, 6) is -0.286. The molecule has 0 aromatic carbocycles. The third-order valence-corrected chi connectivity index (χ3v) is 6.09. The number of ether oxygens (including phenoxy) is 2. The zero-order valence-corrected chi connectivity index (χ0v) is 24.7. The molecule has 0 radical (unpaired) electrons. The molecule has 0 heterocycles. The number of allylic oxidation sites excluding steroid dienone is 10. The molecule has 0 saturated carbocycles. The van der Waals surface area contributed by atoms with Crippen LogP contribution < -0.4 is 0 Å². The number of hydrogen-bond acceptors (Lipinski definition) is 4. The van der Waals surface area contributed by atoms with E-state index in [0.717, 1.165) is 38.5 Å². The minimum Gasteiger partial charge on any atom is -0.457 e. The van der Waals surface area contributed by atoms with Crippen molar-refractivity contribution in [2.24, 2.45) is 0 Å². The number of aliphatic hydroxyl groups is 1. The lowest BCUT2D eigenvalue weighted by molar-refractivity contribution is -0.154. The molecular weight excluding hydrogens is 472 g/mol. The van der Waals surface area contributed by atoms with Crippen molar-refractivity contribution in [2.75, 3.05) is 19.8 Å². The summed E-state index contributed by atoms with van der Waals surface area (Å²) in [5.41, 5.74) is 0. The zero-order chi connectivity index (χ0) is 27.8. The summed E-state index contributed by atoms with van der Waals surface area (Å²) in [5, 5.41) is 9.48. The van der Waals surface area contributed by atoms with E-state index in [2.05, 4.69) is 68.5 Å². The Hall–Kier alpha value is -1.91. The van der Waals surface area contributed by atoms with Crippen molar-refractivity contribution in [1.29, 1.82) is 0 Å². The first-order valence-electron chi connectivity index (χ1n) is 15.4. The molecule has 218 valence electrons. The Morgan fingerprint density at radius 2 is 1.18 bits per heavy atom. The molecule has 0 rings (SSSR count). The van der Waals surface area contributed by atoms with E-state index in [4.69, 9.17) is 9.47 Å². The normalized spacial score (nSPS) is 13.2. The van der Waals surface area contributed by atoms with Gasteiger partial charge in [0.1, 0.15) is 6.10 Å². The predicted molar refractivity (Wildman–Crippen MR) is 163 cm³/mol. The SMILES string of the molecule is CC/C=C\C/C=C\C/C=C\C/C=C\CCC(=O)OC(CO)COCCCCCCCC/C=C\CCCCC. The third kappa shape index (κ3) is 28.7. The van der Waals surface area contributed by atoms with Crippen LogP contribution >= 0.6 is 0 Å². The largest absolute Gasteiger partial charge is 0.457 e. The average Bonchev–Trinajstić information content (AvgIpc) is 2.92. The van der Waals surface area contributed by atoms with Gasteiger partial charge >= 0.3 is 5.97 Å². The summed E-state index contributed by atoms with van der Waals surface area (Å²) >= 11 is 0. The van der Waals surface area contributed by atoms with Crippen LogP contribution in [0.2, 0.25) is 0 Å². The van der Waals surface area contributed by atoms with Gasteiger partial charge in [-0.3, -0.25) is 4.79 Å². The Labute approximate surface area is 235 Å². The molecule has 0 bridgehead atoms. The number of esters is 1. The number of unbranched alkanes of at least 4 members (excludes halogenated alkanes) is 9. The number of rotatable bonds is 27. The third-order valence-electron chi connectivity index (χ3n) is 6.09. The molecular formula is C34H58O4. The molecule has 0 amide bonds. The van der Waals surface area contributed by atoms with Gasteiger partial charge in [-0.2, -0.15) is 0 Å². The summed E-state index contributed by atoms with van der Waals surface area (Å²) in [6.45, 7) is 5.09. The molecule has 0 fully saturated rings. The fourth-order valence-corrected chi connectivity index (χ4v) is 3.80. The standard InChI is InChI=1S/C34H58O4/c1-3-5-7-9-11-13-15-17-19-21-23-25-27-29-34(36)38-33(31-35)32-37-30-28-26-24-22-20-18-16-14-12-10-8-6-4-2/h5,7,11-14,17,19,23,25,33,35H,3-4,6,8-10,15-16,18,20-22,24,26-32H2,1-2H3/b7-5-,13-11-,14-12-,19-17-,25-23-. The summed E-state index contributed by atoms with van der Waals surface area (Å²) < 4.78 is 11.0. The maximum absolute atomic E-state index is 12.0. The number of carbonyl (C=O) groups is 1. The fourth-order valence-electron chi connectivity index (χ4n) is 3.80. The van der Waals surface area contributed by atoms with Crippen molar-refractivity contribution >= 4 is 5.97 Å². The first-order chi connectivity index (χ1) is 18.7. The van der Waals surface area contributed by atoms with Crippen molar-refractivity contribution in [1.82, 2.24) is 0 Å². The van der Waals surface area contributed by atoms with Crippen LogP contribution in [0.1, 0.15) is 123 Å². The highest BCUT2D eigenvalue weighted by Crippen LogP contribution is 2.09. The fraction of sp³-hybridized carbons (Fsp3) is 0.676. The van der Waals surface area contributed by atoms with Gasteiger partial charge in [-0.15, -0.1) is 0 Å². The van der Waals surface area contributed by atoms with Crippen LogP contribution in [-0.2, 0) is 14.3 Å². The maximum atomic E-state index is 12.0. The smallest absolute Gasteiger partial charge is 0.306 e. The van der Waals surface area contributed by atoms with Gasteiger partial charge < -0.3 is 14.6 Å². The lowest BCUT2D eigenvalue weighted by Gasteiger charge is -2.15. The van der Waals surface area contributed by atoms with Crippen LogP contribution in [0, 0.1) is 0 Å². The second kappa shape index (κ2) is 31.3. The van der Waals surface area contributed by atoms with Gasteiger partial charge in [0.15, 0.2) is 0 Å². The van der Waals surface area contributed by atoms with Crippen molar-refractivity contribution < 1.29 is 19.4 Å². The van der Waals surface area contributed by atoms with Gasteiger partial charge in [-0.05, 0) is 64.2 Å². The van der Waals surface area contributed by atoms with Gasteiger partial charge in [0, 0.05) is 13.0 Å². The Morgan fingerprint density at radius 1 is 0.658 bits per heavy atom. The van der Waals surface area contributed by atoms with Gasteiger partial charge in [-0.1, -0.05) is 113 Å². The second-order valence-electron chi connectivity index (χ2n) is 9.79. The molecule has 38 heavy (non-hydrogen) atoms.